The van der Waals surface area contributed by atoms with Crippen molar-refractivity contribution in [3.8, 4) is 0 Å². The molecule has 0 aliphatic carbocycles. The fourth-order valence-corrected chi connectivity index (χ4v) is 4.35. The third-order valence-electron chi connectivity index (χ3n) is 3.80. The molecule has 0 saturated carbocycles. The Bertz CT molecular complexity index is 456. The molecule has 3 atom stereocenters. The Balaban J connectivity index is 1.69. The van der Waals surface area contributed by atoms with Gasteiger partial charge in [-0.05, 0) is 11.6 Å². The lowest BCUT2D eigenvalue weighted by Crippen LogP contribution is -2.49. The minimum absolute atomic E-state index is 0.0695. The number of anilines is 1. The number of amides is 1. The number of carbonyl (C=O) groups excluding carboxylic acids is 1. The molecule has 0 bridgehead atoms. The van der Waals surface area contributed by atoms with E-state index in [-0.39, 0.29) is 11.9 Å². The topological polar surface area (TPSA) is 32.3 Å². The van der Waals surface area contributed by atoms with Crippen LogP contribution in [0.4, 0.5) is 5.69 Å². The summed E-state index contributed by atoms with van der Waals surface area (Å²) in [5.41, 5.74) is 2.38. The molecule has 1 aromatic carbocycles. The van der Waals surface area contributed by atoms with Crippen LogP contribution in [0.25, 0.3) is 0 Å². The van der Waals surface area contributed by atoms with E-state index < -0.39 is 0 Å². The fourth-order valence-electron chi connectivity index (χ4n) is 3.03. The fraction of sp³-hybridized carbons (Fsp3) is 0.533. The predicted molar refractivity (Wildman–Crippen MR) is 80.7 cm³/mol. The number of nitrogens with one attached hydrogen (secondary N) is 1. The van der Waals surface area contributed by atoms with E-state index in [1.54, 1.807) is 0 Å². The molecule has 3 rings (SSSR count). The molecule has 1 saturated heterocycles. The SMILES string of the molecule is CC1CN(C(=O)[C@@H]2Cc3ccccc3N2)CC(C)S1. The van der Waals surface area contributed by atoms with Crippen LogP contribution in [0.2, 0.25) is 0 Å². The van der Waals surface area contributed by atoms with E-state index in [0.717, 1.165) is 25.2 Å². The van der Waals surface area contributed by atoms with Crippen molar-refractivity contribution in [3.63, 3.8) is 0 Å². The molecule has 1 amide bonds. The second-order valence-electron chi connectivity index (χ2n) is 5.56. The first kappa shape index (κ1) is 12.9. The maximum absolute atomic E-state index is 12.6. The Kier molecular flexibility index (Phi) is 3.44. The third kappa shape index (κ3) is 2.59. The minimum Gasteiger partial charge on any atom is -0.373 e. The summed E-state index contributed by atoms with van der Waals surface area (Å²) in [5, 5.41) is 4.44. The second kappa shape index (κ2) is 5.08. The van der Waals surface area contributed by atoms with E-state index in [0.29, 0.717) is 10.5 Å². The van der Waals surface area contributed by atoms with Gasteiger partial charge in [-0.1, -0.05) is 32.0 Å². The van der Waals surface area contributed by atoms with Crippen LogP contribution in [-0.4, -0.2) is 40.4 Å². The number of nitrogens with zero attached hydrogens (tertiary/aromatic N) is 1. The summed E-state index contributed by atoms with van der Waals surface area (Å²) in [6.45, 7) is 6.17. The first-order valence-corrected chi connectivity index (χ1v) is 7.86. The third-order valence-corrected chi connectivity index (χ3v) is 5.03. The number of fused-ring (bicyclic) bond motifs is 1. The van der Waals surface area contributed by atoms with Crippen LogP contribution in [0.5, 0.6) is 0 Å². The highest BCUT2D eigenvalue weighted by atomic mass is 32.2. The average molecular weight is 276 g/mol. The summed E-state index contributed by atoms with van der Waals surface area (Å²) >= 11 is 1.98. The van der Waals surface area contributed by atoms with Gasteiger partial charge in [0.15, 0.2) is 0 Å². The maximum Gasteiger partial charge on any atom is 0.245 e. The summed E-state index contributed by atoms with van der Waals surface area (Å²) < 4.78 is 0. The summed E-state index contributed by atoms with van der Waals surface area (Å²) in [7, 11) is 0. The molecule has 0 aromatic heterocycles. The molecule has 2 aliphatic rings. The summed E-state index contributed by atoms with van der Waals surface area (Å²) in [6, 6.07) is 8.14. The standard InChI is InChI=1S/C15H20N2OS/c1-10-8-17(9-11(2)19-10)15(18)14-7-12-5-3-4-6-13(12)16-14/h3-6,10-11,14,16H,7-9H2,1-2H3/t10?,11?,14-/m0/s1. The van der Waals surface area contributed by atoms with Crippen molar-refractivity contribution in [1.29, 1.82) is 0 Å². The molecule has 2 unspecified atom stereocenters. The molecule has 3 nitrogen and oxygen atoms in total. The molecule has 1 N–H and O–H groups in total. The number of carbonyl (C=O) groups is 1. The van der Waals surface area contributed by atoms with E-state index in [9.17, 15) is 4.79 Å². The molecule has 0 spiro atoms. The Morgan fingerprint density at radius 3 is 2.63 bits per heavy atom. The summed E-state index contributed by atoms with van der Waals surface area (Å²) in [5.74, 6) is 0.259. The van der Waals surface area contributed by atoms with Crippen molar-refractivity contribution in [3.05, 3.63) is 29.8 Å². The van der Waals surface area contributed by atoms with Crippen molar-refractivity contribution < 1.29 is 4.79 Å². The van der Waals surface area contributed by atoms with Gasteiger partial charge in [-0.3, -0.25) is 4.79 Å². The number of hydrogen-bond acceptors (Lipinski definition) is 3. The zero-order valence-electron chi connectivity index (χ0n) is 11.4. The molecule has 4 heteroatoms. The van der Waals surface area contributed by atoms with Gasteiger partial charge in [0.25, 0.3) is 0 Å². The lowest BCUT2D eigenvalue weighted by atomic mass is 10.1. The van der Waals surface area contributed by atoms with Gasteiger partial charge in [0, 0.05) is 35.7 Å². The monoisotopic (exact) mass is 276 g/mol. The van der Waals surface area contributed by atoms with Gasteiger partial charge in [0.05, 0.1) is 0 Å². The lowest BCUT2D eigenvalue weighted by Gasteiger charge is -2.36. The quantitative estimate of drug-likeness (QED) is 0.855. The highest BCUT2D eigenvalue weighted by molar-refractivity contribution is 8.00. The first-order valence-electron chi connectivity index (χ1n) is 6.92. The Labute approximate surface area is 118 Å². The Morgan fingerprint density at radius 2 is 1.95 bits per heavy atom. The number of hydrogen-bond donors (Lipinski definition) is 1. The molecular formula is C15H20N2OS. The molecule has 2 heterocycles. The van der Waals surface area contributed by atoms with Crippen molar-refractivity contribution in [2.45, 2.75) is 36.8 Å². The Hall–Kier alpha value is -1.16. The summed E-state index contributed by atoms with van der Waals surface area (Å²) in [6.07, 6.45) is 0.821. The zero-order valence-corrected chi connectivity index (χ0v) is 12.2. The highest BCUT2D eigenvalue weighted by Crippen LogP contribution is 2.29. The molecule has 0 radical (unpaired) electrons. The number of thioether (sulfide) groups is 1. The Morgan fingerprint density at radius 1 is 1.26 bits per heavy atom. The van der Waals surface area contributed by atoms with Crippen LogP contribution in [0, 0.1) is 0 Å². The largest absolute Gasteiger partial charge is 0.373 e. The molecular weight excluding hydrogens is 256 g/mol. The maximum atomic E-state index is 12.6. The van der Waals surface area contributed by atoms with Crippen LogP contribution in [0.1, 0.15) is 19.4 Å². The van der Waals surface area contributed by atoms with Gasteiger partial charge < -0.3 is 10.2 Å². The smallest absolute Gasteiger partial charge is 0.245 e. The van der Waals surface area contributed by atoms with Crippen molar-refractivity contribution >= 4 is 23.4 Å². The van der Waals surface area contributed by atoms with Gasteiger partial charge >= 0.3 is 0 Å². The van der Waals surface area contributed by atoms with Crippen molar-refractivity contribution in [1.82, 2.24) is 4.90 Å². The number of para-hydroxylation sites is 1. The van der Waals surface area contributed by atoms with E-state index in [4.69, 9.17) is 0 Å². The van der Waals surface area contributed by atoms with E-state index in [1.165, 1.54) is 5.56 Å². The summed E-state index contributed by atoms with van der Waals surface area (Å²) in [4.78, 5) is 14.7. The highest BCUT2D eigenvalue weighted by Gasteiger charge is 2.33. The van der Waals surface area contributed by atoms with E-state index >= 15 is 0 Å². The first-order chi connectivity index (χ1) is 9.13. The normalized spacial score (nSPS) is 29.8. The molecule has 19 heavy (non-hydrogen) atoms. The second-order valence-corrected chi connectivity index (χ2v) is 7.44. The molecule has 1 aromatic rings. The van der Waals surface area contributed by atoms with Crippen molar-refractivity contribution in [2.75, 3.05) is 18.4 Å². The zero-order chi connectivity index (χ0) is 13.4. The number of rotatable bonds is 1. The molecule has 1 fully saturated rings. The minimum atomic E-state index is -0.0695. The van der Waals surface area contributed by atoms with Gasteiger partial charge in [-0.2, -0.15) is 11.8 Å². The van der Waals surface area contributed by atoms with Gasteiger partial charge in [0.1, 0.15) is 6.04 Å². The van der Waals surface area contributed by atoms with Crippen molar-refractivity contribution in [2.24, 2.45) is 0 Å². The van der Waals surface area contributed by atoms with Crippen LogP contribution in [0.15, 0.2) is 24.3 Å². The predicted octanol–water partition coefficient (Wildman–Crippen LogP) is 2.38. The molecule has 102 valence electrons. The van der Waals surface area contributed by atoms with Gasteiger partial charge in [-0.15, -0.1) is 0 Å². The van der Waals surface area contributed by atoms with Crippen LogP contribution >= 0.6 is 11.8 Å². The van der Waals surface area contributed by atoms with E-state index in [1.807, 2.05) is 28.8 Å². The molecule has 2 aliphatic heterocycles. The lowest BCUT2D eigenvalue weighted by molar-refractivity contribution is -0.132. The van der Waals surface area contributed by atoms with Gasteiger partial charge in [0.2, 0.25) is 5.91 Å². The van der Waals surface area contributed by atoms with Gasteiger partial charge in [-0.25, -0.2) is 0 Å². The number of benzene rings is 1. The van der Waals surface area contributed by atoms with Crippen LogP contribution < -0.4 is 5.32 Å². The van der Waals surface area contributed by atoms with E-state index in [2.05, 4.69) is 31.3 Å². The average Bonchev–Trinajstić information content (AvgIpc) is 2.80. The van der Waals surface area contributed by atoms with Crippen LogP contribution in [0.3, 0.4) is 0 Å². The van der Waals surface area contributed by atoms with Crippen LogP contribution in [-0.2, 0) is 11.2 Å².